The van der Waals surface area contributed by atoms with Crippen LogP contribution >= 0.6 is 0 Å². The van der Waals surface area contributed by atoms with Gasteiger partial charge in [-0.2, -0.15) is 0 Å². The molecule has 0 aromatic heterocycles. The van der Waals surface area contributed by atoms with Gasteiger partial charge in [-0.1, -0.05) is 70.5 Å². The molecule has 0 heterocycles. The van der Waals surface area contributed by atoms with E-state index in [-0.39, 0.29) is 23.6 Å². The van der Waals surface area contributed by atoms with Crippen molar-refractivity contribution in [1.29, 1.82) is 0 Å². The fourth-order valence-electron chi connectivity index (χ4n) is 4.23. The van der Waals surface area contributed by atoms with E-state index in [0.717, 1.165) is 35.1 Å². The molecule has 0 radical (unpaired) electrons. The molecule has 0 aliphatic heterocycles. The zero-order chi connectivity index (χ0) is 27.0. The van der Waals surface area contributed by atoms with Gasteiger partial charge in [0.2, 0.25) is 0 Å². The van der Waals surface area contributed by atoms with Crippen molar-refractivity contribution in [2.24, 2.45) is 5.41 Å². The molecule has 37 heavy (non-hydrogen) atoms. The minimum absolute atomic E-state index is 0.0396. The van der Waals surface area contributed by atoms with Crippen LogP contribution in [0.2, 0.25) is 0 Å². The Labute approximate surface area is 219 Å². The van der Waals surface area contributed by atoms with E-state index in [9.17, 15) is 14.3 Å². The van der Waals surface area contributed by atoms with E-state index in [1.54, 1.807) is 19.2 Å². The Kier molecular flexibility index (Phi) is 9.51. The summed E-state index contributed by atoms with van der Waals surface area (Å²) in [5.74, 6) is 0.137. The van der Waals surface area contributed by atoms with Crippen molar-refractivity contribution < 1.29 is 23.8 Å². The summed E-state index contributed by atoms with van der Waals surface area (Å²) in [6.07, 6.45) is 5.95. The molecule has 1 atom stereocenters. The normalized spacial score (nSPS) is 12.5. The molecular weight excluding hydrogens is 467 g/mol. The Bertz CT molecular complexity index is 1240. The molecule has 3 rings (SSSR count). The number of ether oxygens (including phenoxy) is 2. The second-order valence-corrected chi connectivity index (χ2v) is 10.4. The molecule has 0 aliphatic carbocycles. The lowest BCUT2D eigenvalue weighted by molar-refractivity contribution is -0.137. The van der Waals surface area contributed by atoms with Gasteiger partial charge in [0.15, 0.2) is 0 Å². The van der Waals surface area contributed by atoms with E-state index in [0.29, 0.717) is 23.7 Å². The highest BCUT2D eigenvalue weighted by molar-refractivity contribution is 5.77. The molecule has 3 aromatic carbocycles. The number of carboxylic acid groups (broad SMARTS) is 1. The van der Waals surface area contributed by atoms with Gasteiger partial charge in [0, 0.05) is 5.56 Å². The predicted octanol–water partition coefficient (Wildman–Crippen LogP) is 8.50. The number of carboxylic acids is 1. The lowest BCUT2D eigenvalue weighted by Gasteiger charge is -2.17. The maximum Gasteiger partial charge on any atom is 0.303 e. The van der Waals surface area contributed by atoms with Gasteiger partial charge in [0.05, 0.1) is 13.5 Å². The van der Waals surface area contributed by atoms with E-state index in [1.165, 1.54) is 6.07 Å². The van der Waals surface area contributed by atoms with Crippen LogP contribution < -0.4 is 9.47 Å². The number of hydrogen-bond donors (Lipinski definition) is 1. The number of carbonyl (C=O) groups is 1. The highest BCUT2D eigenvalue weighted by Gasteiger charge is 2.16. The SMILES string of the molecule is CCC[C@@H](CC(=O)O)c1cccc(OCc2ccc(-c3cc(OC)ccc3F)c(/C=C/C(C)(C)C)c2)c1. The van der Waals surface area contributed by atoms with Crippen LogP contribution in [0.4, 0.5) is 4.39 Å². The van der Waals surface area contributed by atoms with Crippen molar-refractivity contribution in [3.63, 3.8) is 0 Å². The summed E-state index contributed by atoms with van der Waals surface area (Å²) in [6.45, 7) is 8.74. The third kappa shape index (κ3) is 8.21. The fourth-order valence-corrected chi connectivity index (χ4v) is 4.23. The summed E-state index contributed by atoms with van der Waals surface area (Å²) in [5.41, 5.74) is 4.02. The molecule has 0 bridgehead atoms. The molecule has 0 saturated heterocycles. The molecule has 3 aromatic rings. The molecule has 0 spiro atoms. The van der Waals surface area contributed by atoms with Crippen LogP contribution in [0.1, 0.15) is 69.6 Å². The zero-order valence-corrected chi connectivity index (χ0v) is 22.4. The monoisotopic (exact) mass is 504 g/mol. The van der Waals surface area contributed by atoms with Crippen LogP contribution in [0.25, 0.3) is 17.2 Å². The first-order chi connectivity index (χ1) is 17.6. The molecule has 0 aliphatic rings. The van der Waals surface area contributed by atoms with Crippen molar-refractivity contribution in [2.75, 3.05) is 7.11 Å². The second-order valence-electron chi connectivity index (χ2n) is 10.4. The number of aliphatic carboxylic acids is 1. The number of rotatable bonds is 11. The van der Waals surface area contributed by atoms with E-state index in [4.69, 9.17) is 9.47 Å². The minimum atomic E-state index is -0.798. The average molecular weight is 505 g/mol. The Hall–Kier alpha value is -3.60. The quantitative estimate of drug-likeness (QED) is 0.284. The van der Waals surface area contributed by atoms with Crippen molar-refractivity contribution in [1.82, 2.24) is 0 Å². The third-order valence-corrected chi connectivity index (χ3v) is 6.14. The number of methoxy groups -OCH3 is 1. The van der Waals surface area contributed by atoms with Crippen LogP contribution in [0.3, 0.4) is 0 Å². The molecule has 0 unspecified atom stereocenters. The largest absolute Gasteiger partial charge is 0.497 e. The number of benzene rings is 3. The average Bonchev–Trinajstić information content (AvgIpc) is 2.86. The van der Waals surface area contributed by atoms with Gasteiger partial charge in [-0.05, 0) is 76.4 Å². The van der Waals surface area contributed by atoms with Crippen molar-refractivity contribution >= 4 is 12.0 Å². The summed E-state index contributed by atoms with van der Waals surface area (Å²) in [4.78, 5) is 11.3. The minimum Gasteiger partial charge on any atom is -0.497 e. The molecule has 0 fully saturated rings. The standard InChI is InChI=1S/C32H37FO4/c1-6-8-23(19-31(34)35)24-9-7-10-27(18-24)37-21-22-11-13-28(25(17-22)15-16-32(2,3)4)29-20-26(36-5)12-14-30(29)33/h7,9-18,20,23H,6,8,19,21H2,1-5H3,(H,34,35)/b16-15+/t23-/m0/s1. The van der Waals surface area contributed by atoms with E-state index >= 15 is 0 Å². The first-order valence-electron chi connectivity index (χ1n) is 12.7. The molecule has 0 saturated carbocycles. The van der Waals surface area contributed by atoms with Crippen LogP contribution in [0.5, 0.6) is 11.5 Å². The third-order valence-electron chi connectivity index (χ3n) is 6.14. The summed E-state index contributed by atoms with van der Waals surface area (Å²) in [6, 6.07) is 18.3. The van der Waals surface area contributed by atoms with Crippen LogP contribution in [0.15, 0.2) is 66.7 Å². The summed E-state index contributed by atoms with van der Waals surface area (Å²) in [7, 11) is 1.57. The second kappa shape index (κ2) is 12.6. The van der Waals surface area contributed by atoms with Gasteiger partial charge in [-0.3, -0.25) is 4.79 Å². The highest BCUT2D eigenvalue weighted by atomic mass is 19.1. The maximum atomic E-state index is 14.8. The summed E-state index contributed by atoms with van der Waals surface area (Å²) < 4.78 is 26.2. The first kappa shape index (κ1) is 28.0. The summed E-state index contributed by atoms with van der Waals surface area (Å²) in [5, 5.41) is 9.30. The van der Waals surface area contributed by atoms with Crippen molar-refractivity contribution in [3.05, 3.63) is 89.2 Å². The number of allylic oxidation sites excluding steroid dienone is 1. The van der Waals surface area contributed by atoms with E-state index in [2.05, 4.69) is 33.8 Å². The smallest absolute Gasteiger partial charge is 0.303 e. The Balaban J connectivity index is 1.89. The first-order valence-corrected chi connectivity index (χ1v) is 12.7. The van der Waals surface area contributed by atoms with E-state index in [1.807, 2.05) is 48.5 Å². The Morgan fingerprint density at radius 2 is 1.81 bits per heavy atom. The molecule has 5 heteroatoms. The van der Waals surface area contributed by atoms with Gasteiger partial charge in [-0.15, -0.1) is 0 Å². The highest BCUT2D eigenvalue weighted by Crippen LogP contribution is 2.33. The van der Waals surface area contributed by atoms with Gasteiger partial charge in [0.1, 0.15) is 23.9 Å². The van der Waals surface area contributed by atoms with Crippen LogP contribution in [0, 0.1) is 11.2 Å². The number of hydrogen-bond acceptors (Lipinski definition) is 3. The van der Waals surface area contributed by atoms with Gasteiger partial charge >= 0.3 is 5.97 Å². The fraction of sp³-hybridized carbons (Fsp3) is 0.344. The molecule has 0 amide bonds. The molecular formula is C32H37FO4. The zero-order valence-electron chi connectivity index (χ0n) is 22.4. The molecule has 1 N–H and O–H groups in total. The number of halogens is 1. The Morgan fingerprint density at radius 1 is 1.03 bits per heavy atom. The predicted molar refractivity (Wildman–Crippen MR) is 148 cm³/mol. The molecule has 196 valence electrons. The Morgan fingerprint density at radius 3 is 2.49 bits per heavy atom. The van der Waals surface area contributed by atoms with E-state index < -0.39 is 5.97 Å². The van der Waals surface area contributed by atoms with Gasteiger partial charge < -0.3 is 14.6 Å². The maximum absolute atomic E-state index is 14.8. The lowest BCUT2D eigenvalue weighted by Crippen LogP contribution is -2.06. The topological polar surface area (TPSA) is 55.8 Å². The molecule has 4 nitrogen and oxygen atoms in total. The lowest BCUT2D eigenvalue weighted by atomic mass is 9.91. The summed E-state index contributed by atoms with van der Waals surface area (Å²) >= 11 is 0. The van der Waals surface area contributed by atoms with Crippen molar-refractivity contribution in [3.8, 4) is 22.6 Å². The van der Waals surface area contributed by atoms with Gasteiger partial charge in [-0.25, -0.2) is 4.39 Å². The van der Waals surface area contributed by atoms with Gasteiger partial charge in [0.25, 0.3) is 0 Å². The van der Waals surface area contributed by atoms with Crippen molar-refractivity contribution in [2.45, 2.75) is 59.5 Å². The van der Waals surface area contributed by atoms with Crippen LogP contribution in [-0.2, 0) is 11.4 Å². The van der Waals surface area contributed by atoms with Crippen LogP contribution in [-0.4, -0.2) is 18.2 Å².